The molecule has 0 aromatic heterocycles. The van der Waals surface area contributed by atoms with Gasteiger partial charge in [-0.1, -0.05) is 12.1 Å². The van der Waals surface area contributed by atoms with Gasteiger partial charge in [0.05, 0.1) is 5.92 Å². The fourth-order valence-electron chi connectivity index (χ4n) is 1.40. The summed E-state index contributed by atoms with van der Waals surface area (Å²) in [6.45, 7) is 1.80. The van der Waals surface area contributed by atoms with Crippen LogP contribution in [0.5, 0.6) is 0 Å². The molecule has 1 rings (SSSR count). The second kappa shape index (κ2) is 6.93. The van der Waals surface area contributed by atoms with Crippen LogP contribution in [0.15, 0.2) is 27.8 Å². The molecule has 1 aromatic rings. The topological polar surface area (TPSA) is 87.7 Å². The number of carbonyl (C=O) groups is 1. The smallest absolute Gasteiger partial charge is 0.235 e. The Bertz CT molecular complexity index is 479. The summed E-state index contributed by atoms with van der Waals surface area (Å²) in [4.78, 5) is 11.9. The lowest BCUT2D eigenvalue weighted by Crippen LogP contribution is -2.34. The van der Waals surface area contributed by atoms with E-state index in [0.29, 0.717) is 12.1 Å². The third-order valence-electron chi connectivity index (χ3n) is 2.38. The third-order valence-corrected chi connectivity index (χ3v) is 4.71. The number of nitrogens with one attached hydrogen (secondary N) is 1. The van der Waals surface area contributed by atoms with E-state index in [-0.39, 0.29) is 11.7 Å². The van der Waals surface area contributed by atoms with Crippen LogP contribution in [0.25, 0.3) is 0 Å². The van der Waals surface area contributed by atoms with E-state index in [1.54, 1.807) is 13.0 Å². The van der Waals surface area contributed by atoms with Crippen LogP contribution in [0.1, 0.15) is 13.3 Å². The molecule has 0 radical (unpaired) electrons. The summed E-state index contributed by atoms with van der Waals surface area (Å²) >= 11 is 5.54. The minimum atomic E-state index is -0.628. The molecule has 1 unspecified atom stereocenters. The van der Waals surface area contributed by atoms with Crippen LogP contribution >= 0.6 is 38.5 Å². The van der Waals surface area contributed by atoms with Crippen molar-refractivity contribution in [3.05, 3.63) is 26.2 Å². The maximum Gasteiger partial charge on any atom is 0.235 e. The van der Waals surface area contributed by atoms with Gasteiger partial charge in [-0.05, 0) is 63.1 Å². The van der Waals surface area contributed by atoms with Crippen molar-refractivity contribution in [1.82, 2.24) is 0 Å². The molecule has 1 atom stereocenters. The molecule has 0 saturated heterocycles. The van der Waals surface area contributed by atoms with Gasteiger partial charge < -0.3 is 16.3 Å². The monoisotopic (exact) mass is 425 g/mol. The SMILES string of the molecule is CCC(C(=O)Nc1ccc(Br)c(I)c1)/C(N)=N/O. The Labute approximate surface area is 127 Å². The van der Waals surface area contributed by atoms with E-state index in [1.807, 2.05) is 12.1 Å². The average Bonchev–Trinajstić information content (AvgIpc) is 2.34. The van der Waals surface area contributed by atoms with E-state index >= 15 is 0 Å². The van der Waals surface area contributed by atoms with Crippen LogP contribution in [-0.2, 0) is 4.79 Å². The van der Waals surface area contributed by atoms with Crippen LogP contribution in [0, 0.1) is 9.49 Å². The van der Waals surface area contributed by atoms with Crippen LogP contribution in [0.4, 0.5) is 5.69 Å². The number of nitrogens with zero attached hydrogens (tertiary/aromatic N) is 1. The molecule has 0 aliphatic heterocycles. The number of hydrogen-bond donors (Lipinski definition) is 3. The first-order valence-electron chi connectivity index (χ1n) is 5.23. The number of anilines is 1. The maximum absolute atomic E-state index is 11.9. The molecule has 0 spiro atoms. The highest BCUT2D eigenvalue weighted by Gasteiger charge is 2.21. The lowest BCUT2D eigenvalue weighted by molar-refractivity contribution is -0.118. The zero-order valence-electron chi connectivity index (χ0n) is 9.65. The van der Waals surface area contributed by atoms with Gasteiger partial charge >= 0.3 is 0 Å². The number of rotatable bonds is 4. The van der Waals surface area contributed by atoms with Crippen molar-refractivity contribution in [3.63, 3.8) is 0 Å². The molecule has 1 aromatic carbocycles. The standard InChI is InChI=1S/C11H13BrIN3O2/c1-2-7(10(14)16-18)11(17)15-6-3-4-8(12)9(13)5-6/h3-5,7,18H,2H2,1H3,(H2,14,16)(H,15,17). The number of benzene rings is 1. The average molecular weight is 426 g/mol. The number of halogens is 2. The summed E-state index contributed by atoms with van der Waals surface area (Å²) in [6.07, 6.45) is 0.468. The summed E-state index contributed by atoms with van der Waals surface area (Å²) < 4.78 is 1.95. The molecule has 98 valence electrons. The van der Waals surface area contributed by atoms with Crippen molar-refractivity contribution in [2.24, 2.45) is 16.8 Å². The zero-order valence-corrected chi connectivity index (χ0v) is 13.4. The first-order valence-corrected chi connectivity index (χ1v) is 7.10. The Morgan fingerprint density at radius 3 is 2.83 bits per heavy atom. The molecule has 5 nitrogen and oxygen atoms in total. The summed E-state index contributed by atoms with van der Waals surface area (Å²) in [5, 5.41) is 14.2. The van der Waals surface area contributed by atoms with Gasteiger partial charge in [0.15, 0.2) is 5.84 Å². The first-order chi connectivity index (χ1) is 8.49. The first kappa shape index (κ1) is 15.2. The lowest BCUT2D eigenvalue weighted by Gasteiger charge is -2.13. The Morgan fingerprint density at radius 2 is 2.33 bits per heavy atom. The van der Waals surface area contributed by atoms with Gasteiger partial charge in [0, 0.05) is 13.7 Å². The molecule has 18 heavy (non-hydrogen) atoms. The van der Waals surface area contributed by atoms with Crippen LogP contribution in [-0.4, -0.2) is 17.0 Å². The Kier molecular flexibility index (Phi) is 5.86. The van der Waals surface area contributed by atoms with Crippen LogP contribution in [0.3, 0.4) is 0 Å². The summed E-state index contributed by atoms with van der Waals surface area (Å²) in [7, 11) is 0. The predicted octanol–water partition coefficient (Wildman–Crippen LogP) is 2.76. The lowest BCUT2D eigenvalue weighted by atomic mass is 10.0. The van der Waals surface area contributed by atoms with Crippen molar-refractivity contribution in [2.75, 3.05) is 5.32 Å². The quantitative estimate of drug-likeness (QED) is 0.228. The summed E-state index contributed by atoms with van der Waals surface area (Å²) in [6, 6.07) is 5.46. The molecule has 1 amide bonds. The van der Waals surface area contributed by atoms with Gasteiger partial charge in [-0.3, -0.25) is 4.79 Å². The van der Waals surface area contributed by atoms with Crippen molar-refractivity contribution < 1.29 is 10.0 Å². The molecule has 4 N–H and O–H groups in total. The number of amidine groups is 1. The minimum absolute atomic E-state index is 0.0817. The summed E-state index contributed by atoms with van der Waals surface area (Å²) in [5.41, 5.74) is 6.14. The summed E-state index contributed by atoms with van der Waals surface area (Å²) in [5.74, 6) is -0.996. The largest absolute Gasteiger partial charge is 0.409 e. The number of amides is 1. The number of hydrogen-bond acceptors (Lipinski definition) is 3. The zero-order chi connectivity index (χ0) is 13.7. The molecule has 0 fully saturated rings. The van der Waals surface area contributed by atoms with Gasteiger partial charge in [-0.2, -0.15) is 0 Å². The Morgan fingerprint density at radius 1 is 1.67 bits per heavy atom. The molecule has 0 aliphatic carbocycles. The molecular weight excluding hydrogens is 413 g/mol. The van der Waals surface area contributed by atoms with E-state index in [1.165, 1.54) is 0 Å². The third kappa shape index (κ3) is 3.84. The van der Waals surface area contributed by atoms with Crippen LogP contribution < -0.4 is 11.1 Å². The number of nitrogens with two attached hydrogens (primary N) is 1. The van der Waals surface area contributed by atoms with Crippen molar-refractivity contribution >= 4 is 56.0 Å². The maximum atomic E-state index is 11.9. The highest BCUT2D eigenvalue weighted by molar-refractivity contribution is 14.1. The second-order valence-electron chi connectivity index (χ2n) is 3.60. The van der Waals surface area contributed by atoms with Gasteiger partial charge in [0.25, 0.3) is 0 Å². The van der Waals surface area contributed by atoms with E-state index in [4.69, 9.17) is 10.9 Å². The highest BCUT2D eigenvalue weighted by atomic mass is 127. The van der Waals surface area contributed by atoms with E-state index in [0.717, 1.165) is 8.04 Å². The van der Waals surface area contributed by atoms with Gasteiger partial charge in [0.2, 0.25) is 5.91 Å². The molecule has 7 heteroatoms. The number of oxime groups is 1. The van der Waals surface area contributed by atoms with Crippen molar-refractivity contribution in [1.29, 1.82) is 0 Å². The Balaban J connectivity index is 2.83. The highest BCUT2D eigenvalue weighted by Crippen LogP contribution is 2.23. The van der Waals surface area contributed by atoms with E-state index < -0.39 is 5.92 Å². The van der Waals surface area contributed by atoms with Gasteiger partial charge in [0.1, 0.15) is 0 Å². The fraction of sp³-hybridized carbons (Fsp3) is 0.273. The molecule has 0 bridgehead atoms. The minimum Gasteiger partial charge on any atom is -0.409 e. The van der Waals surface area contributed by atoms with Crippen molar-refractivity contribution in [3.8, 4) is 0 Å². The normalized spacial score (nSPS) is 13.2. The molecule has 0 heterocycles. The molecule has 0 saturated carbocycles. The van der Waals surface area contributed by atoms with Crippen LogP contribution in [0.2, 0.25) is 0 Å². The van der Waals surface area contributed by atoms with E-state index in [2.05, 4.69) is 49.0 Å². The van der Waals surface area contributed by atoms with Gasteiger partial charge in [-0.25, -0.2) is 0 Å². The predicted molar refractivity (Wildman–Crippen MR) is 82.7 cm³/mol. The van der Waals surface area contributed by atoms with E-state index in [9.17, 15) is 4.79 Å². The van der Waals surface area contributed by atoms with Crippen molar-refractivity contribution in [2.45, 2.75) is 13.3 Å². The number of carbonyl (C=O) groups excluding carboxylic acids is 1. The second-order valence-corrected chi connectivity index (χ2v) is 5.62. The fourth-order valence-corrected chi connectivity index (χ4v) is 2.16. The molecular formula is C11H13BrIN3O2. The van der Waals surface area contributed by atoms with Gasteiger partial charge in [-0.15, -0.1) is 0 Å². The Hall–Kier alpha value is -0.830. The molecule has 0 aliphatic rings.